The number of aliphatic hydroxyl groups is 1. The average molecular weight is 385 g/mol. The van der Waals surface area contributed by atoms with Gasteiger partial charge in [0.25, 0.3) is 5.91 Å². The molecule has 3 rings (SSSR count). The molecule has 0 saturated carbocycles. The van der Waals surface area contributed by atoms with Crippen LogP contribution in [0.15, 0.2) is 18.2 Å². The lowest BCUT2D eigenvalue weighted by molar-refractivity contribution is 0.0942. The number of aliphatic hydroxyl groups excluding tert-OH is 1. The number of fused-ring (bicyclic) bond motifs is 1. The summed E-state index contributed by atoms with van der Waals surface area (Å²) in [7, 11) is 0. The van der Waals surface area contributed by atoms with Crippen LogP contribution in [0.2, 0.25) is 10.0 Å². The number of nitrogens with one attached hydrogen (secondary N) is 2. The number of hydrogen-bond acceptors (Lipinski definition) is 5. The van der Waals surface area contributed by atoms with Crippen LogP contribution >= 0.6 is 34.5 Å². The summed E-state index contributed by atoms with van der Waals surface area (Å²) in [4.78, 5) is 17.1. The molecule has 24 heavy (non-hydrogen) atoms. The molecule has 9 heteroatoms. The van der Waals surface area contributed by atoms with E-state index in [-0.39, 0.29) is 11.7 Å². The van der Waals surface area contributed by atoms with E-state index in [2.05, 4.69) is 20.5 Å². The Hall–Kier alpha value is -1.67. The normalized spacial score (nSPS) is 13.9. The fourth-order valence-corrected chi connectivity index (χ4v) is 3.88. The lowest BCUT2D eigenvalue weighted by atomic mass is 10.2. The minimum Gasteiger partial charge on any atom is -0.385 e. The first-order valence-corrected chi connectivity index (χ1v) is 8.72. The van der Waals surface area contributed by atoms with Crippen LogP contribution in [0.1, 0.15) is 47.3 Å². The van der Waals surface area contributed by atoms with E-state index in [0.29, 0.717) is 20.7 Å². The van der Waals surface area contributed by atoms with Crippen molar-refractivity contribution >= 4 is 50.5 Å². The molecule has 2 atom stereocenters. The SMILES string of the molecule is CC(O)c1n[nH]c(C(C)NC(=O)c2sc3cc(Cl)ccc3c2Cl)n1. The number of carbonyl (C=O) groups excluding carboxylic acids is 1. The number of benzene rings is 1. The van der Waals surface area contributed by atoms with Crippen LogP contribution in [-0.2, 0) is 0 Å². The Bertz CT molecular complexity index is 906. The van der Waals surface area contributed by atoms with Gasteiger partial charge < -0.3 is 10.4 Å². The van der Waals surface area contributed by atoms with Gasteiger partial charge >= 0.3 is 0 Å². The summed E-state index contributed by atoms with van der Waals surface area (Å²) in [5, 5.41) is 20.7. The summed E-state index contributed by atoms with van der Waals surface area (Å²) in [6.45, 7) is 3.33. The third kappa shape index (κ3) is 3.25. The zero-order valence-corrected chi connectivity index (χ0v) is 15.1. The Labute approximate surface area is 151 Å². The standard InChI is InChI=1S/C15H14Cl2N4O2S/c1-6(13-19-14(7(2)22)21-20-13)18-15(23)12-11(17)9-4-3-8(16)5-10(9)24-12/h3-7,22H,1-2H3,(H,18,23)(H,19,20,21). The number of nitrogens with zero attached hydrogens (tertiary/aromatic N) is 2. The van der Waals surface area contributed by atoms with Crippen molar-refractivity contribution in [1.82, 2.24) is 20.5 Å². The molecule has 1 aromatic carbocycles. The summed E-state index contributed by atoms with van der Waals surface area (Å²) in [5.74, 6) is 0.431. The molecule has 126 valence electrons. The van der Waals surface area contributed by atoms with Crippen molar-refractivity contribution in [2.75, 3.05) is 0 Å². The molecule has 0 aliphatic heterocycles. The van der Waals surface area contributed by atoms with Gasteiger partial charge in [0.05, 0.1) is 11.1 Å². The van der Waals surface area contributed by atoms with Gasteiger partial charge in [-0.15, -0.1) is 11.3 Å². The first kappa shape index (κ1) is 17.2. The van der Waals surface area contributed by atoms with Gasteiger partial charge in [-0.2, -0.15) is 5.10 Å². The smallest absolute Gasteiger partial charge is 0.263 e. The van der Waals surface area contributed by atoms with E-state index in [1.165, 1.54) is 11.3 Å². The van der Waals surface area contributed by atoms with E-state index in [1.807, 2.05) is 0 Å². The first-order chi connectivity index (χ1) is 11.4. The van der Waals surface area contributed by atoms with Gasteiger partial charge in [0.15, 0.2) is 5.82 Å². The number of H-pyrrole nitrogens is 1. The van der Waals surface area contributed by atoms with E-state index in [9.17, 15) is 9.90 Å². The molecule has 6 nitrogen and oxygen atoms in total. The highest BCUT2D eigenvalue weighted by Crippen LogP contribution is 2.36. The minimum absolute atomic E-state index is 0.278. The molecule has 0 bridgehead atoms. The maximum absolute atomic E-state index is 12.5. The number of hydrogen-bond donors (Lipinski definition) is 3. The molecular weight excluding hydrogens is 371 g/mol. The number of halogens is 2. The molecule has 0 fully saturated rings. The topological polar surface area (TPSA) is 90.9 Å². The van der Waals surface area contributed by atoms with Gasteiger partial charge in [0.1, 0.15) is 16.8 Å². The third-order valence-corrected chi connectivity index (χ3v) is 5.34. The molecule has 0 radical (unpaired) electrons. The van der Waals surface area contributed by atoms with Crippen molar-refractivity contribution in [3.8, 4) is 0 Å². The van der Waals surface area contributed by atoms with E-state index in [1.54, 1.807) is 32.0 Å². The van der Waals surface area contributed by atoms with Crippen LogP contribution in [0, 0.1) is 0 Å². The maximum atomic E-state index is 12.5. The van der Waals surface area contributed by atoms with E-state index in [4.69, 9.17) is 23.2 Å². The first-order valence-electron chi connectivity index (χ1n) is 7.15. The van der Waals surface area contributed by atoms with Crippen molar-refractivity contribution in [3.63, 3.8) is 0 Å². The van der Waals surface area contributed by atoms with Crippen molar-refractivity contribution in [2.24, 2.45) is 0 Å². The lowest BCUT2D eigenvalue weighted by Gasteiger charge is -2.10. The van der Waals surface area contributed by atoms with Crippen molar-refractivity contribution in [3.05, 3.63) is 44.8 Å². The van der Waals surface area contributed by atoms with Crippen LogP contribution in [0.5, 0.6) is 0 Å². The molecule has 2 unspecified atom stereocenters. The Kier molecular flexibility index (Phi) is 4.78. The molecule has 0 aliphatic carbocycles. The quantitative estimate of drug-likeness (QED) is 0.636. The molecule has 3 aromatic rings. The van der Waals surface area contributed by atoms with Crippen molar-refractivity contribution < 1.29 is 9.90 Å². The van der Waals surface area contributed by atoms with Gasteiger partial charge in [-0.3, -0.25) is 9.89 Å². The summed E-state index contributed by atoms with van der Waals surface area (Å²) in [5.41, 5.74) is 0. The molecule has 0 spiro atoms. The highest BCUT2D eigenvalue weighted by molar-refractivity contribution is 7.21. The number of thiophene rings is 1. The predicted molar refractivity (Wildman–Crippen MR) is 94.7 cm³/mol. The second-order valence-electron chi connectivity index (χ2n) is 5.34. The number of carbonyl (C=O) groups is 1. The average Bonchev–Trinajstić information content (AvgIpc) is 3.12. The molecule has 0 aliphatic rings. The second kappa shape index (κ2) is 6.68. The zero-order valence-electron chi connectivity index (χ0n) is 12.8. The molecule has 1 amide bonds. The zero-order chi connectivity index (χ0) is 17.4. The molecule has 2 heterocycles. The summed E-state index contributed by atoms with van der Waals surface area (Å²) < 4.78 is 0.848. The number of amides is 1. The van der Waals surface area contributed by atoms with E-state index in [0.717, 1.165) is 10.1 Å². The minimum atomic E-state index is -0.778. The highest BCUT2D eigenvalue weighted by Gasteiger charge is 2.21. The fraction of sp³-hybridized carbons (Fsp3) is 0.267. The van der Waals surface area contributed by atoms with Crippen molar-refractivity contribution in [1.29, 1.82) is 0 Å². The van der Waals surface area contributed by atoms with E-state index < -0.39 is 12.1 Å². The summed E-state index contributed by atoms with van der Waals surface area (Å²) >= 11 is 13.6. The van der Waals surface area contributed by atoms with Gasteiger partial charge in [-0.05, 0) is 26.0 Å². The lowest BCUT2D eigenvalue weighted by Crippen LogP contribution is -2.27. The molecule has 3 N–H and O–H groups in total. The number of aromatic nitrogens is 3. The summed E-state index contributed by atoms with van der Waals surface area (Å²) in [6, 6.07) is 4.89. The summed E-state index contributed by atoms with van der Waals surface area (Å²) in [6.07, 6.45) is -0.778. The third-order valence-electron chi connectivity index (χ3n) is 3.45. The van der Waals surface area contributed by atoms with Crippen LogP contribution < -0.4 is 5.32 Å². The Morgan fingerprint density at radius 3 is 2.79 bits per heavy atom. The van der Waals surface area contributed by atoms with Crippen LogP contribution in [0.25, 0.3) is 10.1 Å². The predicted octanol–water partition coefficient (Wildman–Crippen LogP) is 3.87. The maximum Gasteiger partial charge on any atom is 0.263 e. The van der Waals surface area contributed by atoms with Gasteiger partial charge in [-0.25, -0.2) is 4.98 Å². The van der Waals surface area contributed by atoms with Crippen molar-refractivity contribution in [2.45, 2.75) is 26.0 Å². The Morgan fingerprint density at radius 2 is 2.12 bits per heavy atom. The van der Waals surface area contributed by atoms with Crippen LogP contribution in [-0.4, -0.2) is 26.2 Å². The van der Waals surface area contributed by atoms with Gasteiger partial charge in [0, 0.05) is 15.1 Å². The molecule has 0 saturated heterocycles. The largest absolute Gasteiger partial charge is 0.385 e. The monoisotopic (exact) mass is 384 g/mol. The van der Waals surface area contributed by atoms with Crippen LogP contribution in [0.3, 0.4) is 0 Å². The van der Waals surface area contributed by atoms with Gasteiger partial charge in [-0.1, -0.05) is 29.3 Å². The van der Waals surface area contributed by atoms with Crippen LogP contribution in [0.4, 0.5) is 0 Å². The Balaban J connectivity index is 1.82. The second-order valence-corrected chi connectivity index (χ2v) is 7.20. The van der Waals surface area contributed by atoms with Gasteiger partial charge in [0.2, 0.25) is 0 Å². The number of aromatic amines is 1. The van der Waals surface area contributed by atoms with E-state index >= 15 is 0 Å². The molecular formula is C15H14Cl2N4O2S. The fourth-order valence-electron chi connectivity index (χ4n) is 2.18. The number of rotatable bonds is 4. The Morgan fingerprint density at radius 1 is 1.38 bits per heavy atom. The molecule has 2 aromatic heterocycles. The highest BCUT2D eigenvalue weighted by atomic mass is 35.5.